The van der Waals surface area contributed by atoms with E-state index in [-0.39, 0.29) is 16.6 Å². The van der Waals surface area contributed by atoms with Crippen molar-refractivity contribution in [1.82, 2.24) is 0 Å². The largest absolute Gasteiger partial charge is 0.467 e. The molecule has 0 saturated heterocycles. The Kier molecular flexibility index (Phi) is 5.23. The van der Waals surface area contributed by atoms with E-state index >= 15 is 0 Å². The van der Waals surface area contributed by atoms with E-state index < -0.39 is 17.8 Å². The number of hydrogen-bond acceptors (Lipinski definition) is 4. The van der Waals surface area contributed by atoms with Crippen molar-refractivity contribution < 1.29 is 13.9 Å². The van der Waals surface area contributed by atoms with Crippen LogP contribution in [0.2, 0.25) is 0 Å². The van der Waals surface area contributed by atoms with Crippen molar-refractivity contribution in [3.8, 4) is 0 Å². The van der Waals surface area contributed by atoms with Crippen LogP contribution in [0.5, 0.6) is 0 Å². The molecular formula is C13H17FN2O2S. The van der Waals surface area contributed by atoms with E-state index in [9.17, 15) is 9.18 Å². The summed E-state index contributed by atoms with van der Waals surface area (Å²) in [5, 5.41) is 2.83. The summed E-state index contributed by atoms with van der Waals surface area (Å²) in [5.74, 6) is -0.991. The summed E-state index contributed by atoms with van der Waals surface area (Å²) in [6.07, 6.45) is 0. The molecule has 3 N–H and O–H groups in total. The van der Waals surface area contributed by atoms with Crippen LogP contribution in [0.1, 0.15) is 19.4 Å². The molecule has 0 aliphatic carbocycles. The molecule has 0 fully saturated rings. The first-order valence-electron chi connectivity index (χ1n) is 5.80. The van der Waals surface area contributed by atoms with Gasteiger partial charge in [0.25, 0.3) is 0 Å². The summed E-state index contributed by atoms with van der Waals surface area (Å²) in [4.78, 5) is 11.7. The molecule has 6 heteroatoms. The van der Waals surface area contributed by atoms with Gasteiger partial charge in [-0.3, -0.25) is 0 Å². The summed E-state index contributed by atoms with van der Waals surface area (Å²) in [6, 6.07) is 3.72. The van der Waals surface area contributed by atoms with Crippen molar-refractivity contribution in [1.29, 1.82) is 0 Å². The number of benzene rings is 1. The quantitative estimate of drug-likeness (QED) is 0.640. The lowest BCUT2D eigenvalue weighted by Crippen LogP contribution is -2.35. The third-order valence-corrected chi connectivity index (χ3v) is 2.92. The number of carbonyl (C=O) groups excluding carboxylic acids is 1. The monoisotopic (exact) mass is 284 g/mol. The van der Waals surface area contributed by atoms with Gasteiger partial charge in [0.15, 0.2) is 0 Å². The molecule has 1 atom stereocenters. The molecule has 1 unspecified atom stereocenters. The number of rotatable bonds is 5. The van der Waals surface area contributed by atoms with Gasteiger partial charge in [0.1, 0.15) is 16.8 Å². The van der Waals surface area contributed by atoms with Gasteiger partial charge in [-0.2, -0.15) is 0 Å². The Morgan fingerprint density at radius 2 is 2.11 bits per heavy atom. The molecule has 0 aromatic heterocycles. The third kappa shape index (κ3) is 3.89. The molecule has 1 aromatic carbocycles. The molecule has 0 bridgehead atoms. The van der Waals surface area contributed by atoms with E-state index in [1.807, 2.05) is 13.8 Å². The van der Waals surface area contributed by atoms with E-state index in [2.05, 4.69) is 10.1 Å². The van der Waals surface area contributed by atoms with Crippen molar-refractivity contribution in [3.63, 3.8) is 0 Å². The second-order valence-electron chi connectivity index (χ2n) is 4.45. The summed E-state index contributed by atoms with van der Waals surface area (Å²) >= 11 is 4.77. The van der Waals surface area contributed by atoms with Crippen LogP contribution in [0.15, 0.2) is 18.2 Å². The summed E-state index contributed by atoms with van der Waals surface area (Å²) in [5.41, 5.74) is 6.08. The Labute approximate surface area is 117 Å². The average molecular weight is 284 g/mol. The molecule has 1 rings (SSSR count). The molecular weight excluding hydrogens is 267 g/mol. The predicted molar refractivity (Wildman–Crippen MR) is 76.6 cm³/mol. The maximum absolute atomic E-state index is 13.9. The number of nitrogens with two attached hydrogens (primary N) is 1. The van der Waals surface area contributed by atoms with Crippen LogP contribution in [-0.2, 0) is 9.53 Å². The molecule has 0 amide bonds. The Bertz CT molecular complexity index is 492. The van der Waals surface area contributed by atoms with Gasteiger partial charge in [-0.05, 0) is 24.1 Å². The maximum atomic E-state index is 13.9. The summed E-state index contributed by atoms with van der Waals surface area (Å²) in [7, 11) is 1.30. The lowest BCUT2D eigenvalue weighted by molar-refractivity contribution is -0.142. The zero-order valence-corrected chi connectivity index (χ0v) is 11.9. The fraction of sp³-hybridized carbons (Fsp3) is 0.385. The van der Waals surface area contributed by atoms with Gasteiger partial charge >= 0.3 is 5.97 Å². The number of ether oxygens (including phenoxy) is 1. The van der Waals surface area contributed by atoms with Gasteiger partial charge in [0.2, 0.25) is 0 Å². The molecule has 0 heterocycles. The molecule has 0 radical (unpaired) electrons. The zero-order chi connectivity index (χ0) is 14.6. The molecule has 4 nitrogen and oxygen atoms in total. The second kappa shape index (κ2) is 6.47. The molecule has 0 spiro atoms. The number of halogens is 1. The molecule has 19 heavy (non-hydrogen) atoms. The third-order valence-electron chi connectivity index (χ3n) is 2.69. The lowest BCUT2D eigenvalue weighted by Gasteiger charge is -2.21. The average Bonchev–Trinajstić information content (AvgIpc) is 2.35. The molecule has 0 saturated carbocycles. The van der Waals surface area contributed by atoms with Crippen LogP contribution in [0, 0.1) is 11.7 Å². The molecule has 104 valence electrons. The van der Waals surface area contributed by atoms with Crippen LogP contribution in [0.25, 0.3) is 0 Å². The number of nitrogens with one attached hydrogen (secondary N) is 1. The van der Waals surface area contributed by atoms with Gasteiger partial charge in [-0.1, -0.05) is 26.1 Å². The normalized spacial score (nSPS) is 12.1. The number of esters is 1. The minimum Gasteiger partial charge on any atom is -0.467 e. The van der Waals surface area contributed by atoms with Crippen LogP contribution in [-0.4, -0.2) is 24.1 Å². The SMILES string of the molecule is COC(=O)C(Nc1ccc(C(N)=S)cc1F)C(C)C. The van der Waals surface area contributed by atoms with Crippen LogP contribution >= 0.6 is 12.2 Å². The Balaban J connectivity index is 2.97. The zero-order valence-electron chi connectivity index (χ0n) is 11.1. The lowest BCUT2D eigenvalue weighted by atomic mass is 10.0. The fourth-order valence-corrected chi connectivity index (χ4v) is 1.70. The maximum Gasteiger partial charge on any atom is 0.328 e. The van der Waals surface area contributed by atoms with Gasteiger partial charge < -0.3 is 15.8 Å². The molecule has 1 aromatic rings. The van der Waals surface area contributed by atoms with Crippen LogP contribution in [0.4, 0.5) is 10.1 Å². The topological polar surface area (TPSA) is 64.3 Å². The Morgan fingerprint density at radius 3 is 2.53 bits per heavy atom. The predicted octanol–water partition coefficient (Wildman–Crippen LogP) is 2.07. The number of hydrogen-bond donors (Lipinski definition) is 2. The smallest absolute Gasteiger partial charge is 0.328 e. The van der Waals surface area contributed by atoms with E-state index in [1.165, 1.54) is 19.2 Å². The highest BCUT2D eigenvalue weighted by molar-refractivity contribution is 7.80. The van der Waals surface area contributed by atoms with E-state index in [4.69, 9.17) is 18.0 Å². The van der Waals surface area contributed by atoms with Crippen LogP contribution in [0.3, 0.4) is 0 Å². The first-order chi connectivity index (χ1) is 8.86. The standard InChI is InChI=1S/C13H17FN2O2S/c1-7(2)11(13(17)18-3)16-10-5-4-8(12(15)19)6-9(10)14/h4-7,11,16H,1-3H3,(H2,15,19). The van der Waals surface area contributed by atoms with Gasteiger partial charge in [-0.25, -0.2) is 9.18 Å². The van der Waals surface area contributed by atoms with Crippen molar-refractivity contribution in [2.24, 2.45) is 11.7 Å². The van der Waals surface area contributed by atoms with Crippen molar-refractivity contribution in [3.05, 3.63) is 29.6 Å². The number of methoxy groups -OCH3 is 1. The Morgan fingerprint density at radius 1 is 1.47 bits per heavy atom. The minimum atomic E-state index is -0.616. The van der Waals surface area contributed by atoms with E-state index in [0.717, 1.165) is 0 Å². The minimum absolute atomic E-state index is 0.0397. The summed E-state index contributed by atoms with van der Waals surface area (Å²) < 4.78 is 18.6. The van der Waals surface area contributed by atoms with Crippen molar-refractivity contribution in [2.45, 2.75) is 19.9 Å². The number of anilines is 1. The Hall–Kier alpha value is -1.69. The van der Waals surface area contributed by atoms with Crippen molar-refractivity contribution in [2.75, 3.05) is 12.4 Å². The van der Waals surface area contributed by atoms with E-state index in [1.54, 1.807) is 6.07 Å². The first kappa shape index (κ1) is 15.4. The van der Waals surface area contributed by atoms with Crippen LogP contribution < -0.4 is 11.1 Å². The van der Waals surface area contributed by atoms with Gasteiger partial charge in [0, 0.05) is 5.56 Å². The first-order valence-corrected chi connectivity index (χ1v) is 6.21. The summed E-state index contributed by atoms with van der Waals surface area (Å²) in [6.45, 7) is 3.69. The van der Waals surface area contributed by atoms with E-state index in [0.29, 0.717) is 5.56 Å². The van der Waals surface area contributed by atoms with Gasteiger partial charge in [-0.15, -0.1) is 0 Å². The highest BCUT2D eigenvalue weighted by Crippen LogP contribution is 2.19. The highest BCUT2D eigenvalue weighted by Gasteiger charge is 2.23. The number of carbonyl (C=O) groups is 1. The second-order valence-corrected chi connectivity index (χ2v) is 4.89. The van der Waals surface area contributed by atoms with Gasteiger partial charge in [0.05, 0.1) is 12.8 Å². The number of thiocarbonyl (C=S) groups is 1. The molecule has 0 aliphatic heterocycles. The fourth-order valence-electron chi connectivity index (χ4n) is 1.58. The van der Waals surface area contributed by atoms with Crippen molar-refractivity contribution >= 4 is 28.9 Å². The molecule has 0 aliphatic rings. The highest BCUT2D eigenvalue weighted by atomic mass is 32.1.